The van der Waals surface area contributed by atoms with E-state index >= 15 is 0 Å². The van der Waals surface area contributed by atoms with Crippen LogP contribution in [0.2, 0.25) is 0 Å². The average Bonchev–Trinajstić information content (AvgIpc) is 2.94. The summed E-state index contributed by atoms with van der Waals surface area (Å²) in [4.78, 5) is 31.5. The number of aromatic nitrogens is 1. The summed E-state index contributed by atoms with van der Waals surface area (Å²) in [5.74, 6) is 1.73. The zero-order valence-electron chi connectivity index (χ0n) is 15.3. The summed E-state index contributed by atoms with van der Waals surface area (Å²) in [6.07, 6.45) is 2.45. The molecule has 0 atom stereocenters. The Kier molecular flexibility index (Phi) is 6.25. The summed E-state index contributed by atoms with van der Waals surface area (Å²) in [7, 11) is 0. The van der Waals surface area contributed by atoms with E-state index in [1.165, 1.54) is 0 Å². The van der Waals surface area contributed by atoms with Crippen molar-refractivity contribution >= 4 is 11.8 Å². The Labute approximate surface area is 158 Å². The van der Waals surface area contributed by atoms with Crippen molar-refractivity contribution < 1.29 is 19.1 Å². The second-order valence-electron chi connectivity index (χ2n) is 6.27. The number of nitrogens with zero attached hydrogens (tertiary/aromatic N) is 3. The lowest BCUT2D eigenvalue weighted by Crippen LogP contribution is -2.38. The van der Waals surface area contributed by atoms with Gasteiger partial charge in [-0.3, -0.25) is 9.59 Å². The van der Waals surface area contributed by atoms with Crippen LogP contribution in [0.1, 0.15) is 13.3 Å². The number of benzene rings is 1. The van der Waals surface area contributed by atoms with Gasteiger partial charge >= 0.3 is 0 Å². The third-order valence-corrected chi connectivity index (χ3v) is 4.34. The molecule has 0 bridgehead atoms. The first-order valence-corrected chi connectivity index (χ1v) is 8.97. The van der Waals surface area contributed by atoms with E-state index in [-0.39, 0.29) is 18.4 Å². The Morgan fingerprint density at radius 1 is 0.963 bits per heavy atom. The van der Waals surface area contributed by atoms with Crippen LogP contribution in [0, 0.1) is 0 Å². The molecule has 7 heteroatoms. The van der Waals surface area contributed by atoms with E-state index < -0.39 is 0 Å². The molecule has 1 aliphatic heterocycles. The normalized spacial score (nSPS) is 14.4. The monoisotopic (exact) mass is 369 g/mol. The van der Waals surface area contributed by atoms with Crippen molar-refractivity contribution in [1.82, 2.24) is 14.8 Å². The number of hydrogen-bond donors (Lipinski definition) is 0. The number of ether oxygens (including phenoxy) is 2. The number of rotatable bonds is 5. The molecule has 0 spiro atoms. The van der Waals surface area contributed by atoms with Gasteiger partial charge in [-0.15, -0.1) is 0 Å². The second kappa shape index (κ2) is 9.02. The van der Waals surface area contributed by atoms with Crippen LogP contribution >= 0.6 is 0 Å². The van der Waals surface area contributed by atoms with Crippen LogP contribution in [0.25, 0.3) is 0 Å². The highest BCUT2D eigenvalue weighted by molar-refractivity contribution is 5.78. The molecule has 1 saturated heterocycles. The lowest BCUT2D eigenvalue weighted by molar-refractivity contribution is -0.134. The lowest BCUT2D eigenvalue weighted by atomic mass is 10.3. The fourth-order valence-electron chi connectivity index (χ4n) is 2.85. The van der Waals surface area contributed by atoms with Gasteiger partial charge in [0.2, 0.25) is 11.8 Å². The molecule has 0 N–H and O–H groups in total. The van der Waals surface area contributed by atoms with Crippen LogP contribution < -0.4 is 9.47 Å². The highest BCUT2D eigenvalue weighted by atomic mass is 16.5. The van der Waals surface area contributed by atoms with Crippen molar-refractivity contribution in [3.05, 3.63) is 48.7 Å². The largest absolute Gasteiger partial charge is 0.484 e. The molecule has 0 radical (unpaired) electrons. The first-order valence-electron chi connectivity index (χ1n) is 8.97. The zero-order valence-corrected chi connectivity index (χ0v) is 15.3. The standard InChI is InChI=1S/C20H23N3O4/c1-16(24)22-11-4-12-23(14-13-22)20(25)15-26-17-6-8-18(9-7-17)27-19-5-2-3-10-21-19/h2-3,5-10H,4,11-15H2,1H3. The molecular weight excluding hydrogens is 346 g/mol. The molecule has 0 saturated carbocycles. The Balaban J connectivity index is 1.48. The van der Waals surface area contributed by atoms with E-state index in [0.29, 0.717) is 43.6 Å². The van der Waals surface area contributed by atoms with E-state index in [9.17, 15) is 9.59 Å². The van der Waals surface area contributed by atoms with Gasteiger partial charge in [0.05, 0.1) is 0 Å². The Morgan fingerprint density at radius 2 is 1.67 bits per heavy atom. The molecule has 2 amide bonds. The molecule has 0 aliphatic carbocycles. The summed E-state index contributed by atoms with van der Waals surface area (Å²) in [5, 5.41) is 0. The first-order chi connectivity index (χ1) is 13.1. The van der Waals surface area contributed by atoms with Gasteiger partial charge in [-0.2, -0.15) is 0 Å². The third kappa shape index (κ3) is 5.44. The molecular formula is C20H23N3O4. The van der Waals surface area contributed by atoms with Gasteiger partial charge in [0.25, 0.3) is 5.91 Å². The van der Waals surface area contributed by atoms with Crippen LogP contribution in [-0.4, -0.2) is 59.4 Å². The molecule has 1 aromatic carbocycles. The lowest BCUT2D eigenvalue weighted by Gasteiger charge is -2.21. The molecule has 0 unspecified atom stereocenters. The summed E-state index contributed by atoms with van der Waals surface area (Å²) in [6.45, 7) is 3.97. The summed E-state index contributed by atoms with van der Waals surface area (Å²) >= 11 is 0. The van der Waals surface area contributed by atoms with Crippen molar-refractivity contribution in [2.24, 2.45) is 0 Å². The summed E-state index contributed by atoms with van der Waals surface area (Å²) in [6, 6.07) is 12.5. The number of pyridine rings is 1. The Hall–Kier alpha value is -3.09. The average molecular weight is 369 g/mol. The smallest absolute Gasteiger partial charge is 0.260 e. The maximum atomic E-state index is 12.4. The van der Waals surface area contributed by atoms with Gasteiger partial charge in [0.15, 0.2) is 6.61 Å². The van der Waals surface area contributed by atoms with Crippen LogP contribution in [0.3, 0.4) is 0 Å². The van der Waals surface area contributed by atoms with Gasteiger partial charge in [0, 0.05) is 45.4 Å². The predicted octanol–water partition coefficient (Wildman–Crippen LogP) is 2.33. The van der Waals surface area contributed by atoms with Gasteiger partial charge in [0.1, 0.15) is 11.5 Å². The molecule has 7 nitrogen and oxygen atoms in total. The summed E-state index contributed by atoms with van der Waals surface area (Å²) < 4.78 is 11.2. The van der Waals surface area contributed by atoms with Gasteiger partial charge in [-0.25, -0.2) is 4.98 Å². The number of carbonyl (C=O) groups excluding carboxylic acids is 2. The summed E-state index contributed by atoms with van der Waals surface area (Å²) in [5.41, 5.74) is 0. The Morgan fingerprint density at radius 3 is 2.37 bits per heavy atom. The highest BCUT2D eigenvalue weighted by Crippen LogP contribution is 2.22. The van der Waals surface area contributed by atoms with E-state index in [0.717, 1.165) is 6.42 Å². The number of amides is 2. The van der Waals surface area contributed by atoms with Gasteiger partial charge < -0.3 is 19.3 Å². The van der Waals surface area contributed by atoms with E-state index in [1.807, 2.05) is 12.1 Å². The molecule has 27 heavy (non-hydrogen) atoms. The SMILES string of the molecule is CC(=O)N1CCCN(C(=O)COc2ccc(Oc3ccccn3)cc2)CC1. The Bertz CT molecular complexity index is 765. The minimum Gasteiger partial charge on any atom is -0.484 e. The molecule has 1 aromatic heterocycles. The predicted molar refractivity (Wildman–Crippen MR) is 99.7 cm³/mol. The van der Waals surface area contributed by atoms with Crippen molar-refractivity contribution in [3.63, 3.8) is 0 Å². The molecule has 2 aromatic rings. The van der Waals surface area contributed by atoms with E-state index in [2.05, 4.69) is 4.98 Å². The number of hydrogen-bond acceptors (Lipinski definition) is 5. The van der Waals surface area contributed by atoms with Gasteiger partial charge in [-0.05, 0) is 36.8 Å². The fraction of sp³-hybridized carbons (Fsp3) is 0.350. The van der Waals surface area contributed by atoms with E-state index in [1.54, 1.807) is 53.3 Å². The first kappa shape index (κ1) is 18.7. The minimum absolute atomic E-state index is 0.0273. The van der Waals surface area contributed by atoms with Crippen LogP contribution in [0.15, 0.2) is 48.7 Å². The van der Waals surface area contributed by atoms with E-state index in [4.69, 9.17) is 9.47 Å². The van der Waals surface area contributed by atoms with Crippen LogP contribution in [0.4, 0.5) is 0 Å². The molecule has 2 heterocycles. The fourth-order valence-corrected chi connectivity index (χ4v) is 2.85. The maximum Gasteiger partial charge on any atom is 0.260 e. The number of carbonyl (C=O) groups is 2. The molecule has 142 valence electrons. The second-order valence-corrected chi connectivity index (χ2v) is 6.27. The van der Waals surface area contributed by atoms with Gasteiger partial charge in [-0.1, -0.05) is 6.07 Å². The topological polar surface area (TPSA) is 72.0 Å². The quantitative estimate of drug-likeness (QED) is 0.809. The third-order valence-electron chi connectivity index (χ3n) is 4.34. The van der Waals surface area contributed by atoms with Crippen LogP contribution in [0.5, 0.6) is 17.4 Å². The van der Waals surface area contributed by atoms with Crippen molar-refractivity contribution in [2.75, 3.05) is 32.8 Å². The zero-order chi connectivity index (χ0) is 19.1. The highest BCUT2D eigenvalue weighted by Gasteiger charge is 2.20. The van der Waals surface area contributed by atoms with Crippen molar-refractivity contribution in [3.8, 4) is 17.4 Å². The molecule has 1 aliphatic rings. The minimum atomic E-state index is -0.0748. The molecule has 1 fully saturated rings. The van der Waals surface area contributed by atoms with Crippen molar-refractivity contribution in [2.45, 2.75) is 13.3 Å². The maximum absolute atomic E-state index is 12.4. The van der Waals surface area contributed by atoms with Crippen LogP contribution in [-0.2, 0) is 9.59 Å². The molecule has 3 rings (SSSR count). The van der Waals surface area contributed by atoms with Crippen molar-refractivity contribution in [1.29, 1.82) is 0 Å².